The van der Waals surface area contributed by atoms with E-state index in [9.17, 15) is 26.0 Å². The van der Waals surface area contributed by atoms with E-state index in [1.807, 2.05) is 0 Å². The molecule has 0 aliphatic heterocycles. The molecule has 174 valence electrons. The summed E-state index contributed by atoms with van der Waals surface area (Å²) in [6, 6.07) is 14.1. The van der Waals surface area contributed by atoms with E-state index >= 15 is 0 Å². The fourth-order valence-corrected chi connectivity index (χ4v) is 5.40. The van der Waals surface area contributed by atoms with Gasteiger partial charge in [-0.1, -0.05) is 12.1 Å². The maximum Gasteiger partial charge on any atom is 0.339 e. The maximum atomic E-state index is 14.0. The number of methoxy groups -OCH3 is 1. The Morgan fingerprint density at radius 3 is 2.12 bits per heavy atom. The highest BCUT2D eigenvalue weighted by Crippen LogP contribution is 2.27. The molecule has 0 N–H and O–H groups in total. The van der Waals surface area contributed by atoms with E-state index in [1.54, 1.807) is 0 Å². The van der Waals surface area contributed by atoms with E-state index in [-0.39, 0.29) is 27.5 Å². The van der Waals surface area contributed by atoms with E-state index in [1.165, 1.54) is 75.7 Å². The van der Waals surface area contributed by atoms with Crippen LogP contribution in [-0.2, 0) is 24.9 Å². The Balaban J connectivity index is 1.83. The highest BCUT2D eigenvalue weighted by Gasteiger charge is 2.25. The predicted octanol–water partition coefficient (Wildman–Crippen LogP) is 3.51. The van der Waals surface area contributed by atoms with Gasteiger partial charge in [0.25, 0.3) is 10.0 Å². The molecule has 33 heavy (non-hydrogen) atoms. The zero-order valence-electron chi connectivity index (χ0n) is 17.9. The van der Waals surface area contributed by atoms with Gasteiger partial charge in [0, 0.05) is 7.05 Å². The lowest BCUT2D eigenvalue weighted by atomic mass is 10.1. The molecule has 0 amide bonds. The van der Waals surface area contributed by atoms with E-state index in [4.69, 9.17) is 4.18 Å². The van der Waals surface area contributed by atoms with Crippen molar-refractivity contribution in [1.29, 1.82) is 0 Å². The average molecular weight is 494 g/mol. The van der Waals surface area contributed by atoms with Crippen molar-refractivity contribution in [2.24, 2.45) is 0 Å². The van der Waals surface area contributed by atoms with Crippen molar-refractivity contribution in [1.82, 2.24) is 0 Å². The molecule has 0 unspecified atom stereocenters. The summed E-state index contributed by atoms with van der Waals surface area (Å²) in [4.78, 5) is 11.0. The van der Waals surface area contributed by atoms with Gasteiger partial charge in [0.15, 0.2) is 0 Å². The van der Waals surface area contributed by atoms with Crippen molar-refractivity contribution < 1.29 is 34.9 Å². The first-order valence-corrected chi connectivity index (χ1v) is 12.3. The van der Waals surface area contributed by atoms with Gasteiger partial charge in [0.2, 0.25) is 0 Å². The van der Waals surface area contributed by atoms with Crippen LogP contribution in [0.15, 0.2) is 76.5 Å². The van der Waals surface area contributed by atoms with Gasteiger partial charge in [-0.3, -0.25) is 4.31 Å². The molecule has 0 spiro atoms. The standard InChI is InChI=1S/C22H20FNO7S2/c1-15-14-16(22(25)30-3)8-13-20(15)33(28,29)31-18-11-9-17(10-12-18)24(2)32(26,27)21-7-5-4-6-19(21)23/h4-14H,1-3H3. The smallest absolute Gasteiger partial charge is 0.339 e. The molecule has 0 aliphatic carbocycles. The summed E-state index contributed by atoms with van der Waals surface area (Å²) in [5, 5.41) is 0. The number of benzene rings is 3. The van der Waals surface area contributed by atoms with Gasteiger partial charge in [0.1, 0.15) is 21.4 Å². The Bertz CT molecular complexity index is 1400. The van der Waals surface area contributed by atoms with Crippen LogP contribution in [0.2, 0.25) is 0 Å². The molecule has 0 heterocycles. The van der Waals surface area contributed by atoms with Crippen molar-refractivity contribution in [3.8, 4) is 5.75 Å². The Morgan fingerprint density at radius 1 is 0.909 bits per heavy atom. The van der Waals surface area contributed by atoms with Crippen molar-refractivity contribution in [2.45, 2.75) is 16.7 Å². The molecular weight excluding hydrogens is 473 g/mol. The summed E-state index contributed by atoms with van der Waals surface area (Å²) in [5.41, 5.74) is 0.643. The molecular formula is C22H20FNO7S2. The lowest BCUT2D eigenvalue weighted by Crippen LogP contribution is -2.27. The Kier molecular flexibility index (Phi) is 6.75. The van der Waals surface area contributed by atoms with E-state index < -0.39 is 36.8 Å². The third kappa shape index (κ3) is 4.99. The Labute approximate surface area is 191 Å². The molecule has 0 bridgehead atoms. The molecule has 0 fully saturated rings. The number of halogens is 1. The van der Waals surface area contributed by atoms with Crippen molar-refractivity contribution in [3.05, 3.63) is 83.7 Å². The second-order valence-electron chi connectivity index (χ2n) is 6.91. The minimum Gasteiger partial charge on any atom is -0.465 e. The Morgan fingerprint density at radius 2 is 1.55 bits per heavy atom. The van der Waals surface area contributed by atoms with Crippen LogP contribution in [0.3, 0.4) is 0 Å². The van der Waals surface area contributed by atoms with Crippen molar-refractivity contribution >= 4 is 31.8 Å². The summed E-state index contributed by atoms with van der Waals surface area (Å²) in [6.45, 7) is 1.51. The molecule has 3 aromatic rings. The van der Waals surface area contributed by atoms with Gasteiger partial charge < -0.3 is 8.92 Å². The van der Waals surface area contributed by atoms with E-state index in [0.717, 1.165) is 16.4 Å². The van der Waals surface area contributed by atoms with Crippen LogP contribution < -0.4 is 8.49 Å². The summed E-state index contributed by atoms with van der Waals surface area (Å²) < 4.78 is 75.4. The summed E-state index contributed by atoms with van der Waals surface area (Å²) in [7, 11) is -5.94. The molecule has 0 aliphatic rings. The van der Waals surface area contributed by atoms with Crippen LogP contribution in [0.1, 0.15) is 15.9 Å². The largest absolute Gasteiger partial charge is 0.465 e. The predicted molar refractivity (Wildman–Crippen MR) is 119 cm³/mol. The van der Waals surface area contributed by atoms with Crippen LogP contribution in [-0.4, -0.2) is 37.0 Å². The minimum atomic E-state index is -4.24. The number of esters is 1. The molecule has 3 rings (SSSR count). The van der Waals surface area contributed by atoms with Crippen LogP contribution >= 0.6 is 0 Å². The minimum absolute atomic E-state index is 0.0631. The van der Waals surface area contributed by atoms with Gasteiger partial charge in [-0.05, 0) is 67.1 Å². The molecule has 8 nitrogen and oxygen atoms in total. The first-order chi connectivity index (χ1) is 15.5. The molecule has 0 aromatic heterocycles. The highest BCUT2D eigenvalue weighted by molar-refractivity contribution is 7.92. The first kappa shape index (κ1) is 24.2. The summed E-state index contributed by atoms with van der Waals surface area (Å²) in [6.07, 6.45) is 0. The zero-order chi connectivity index (χ0) is 24.4. The third-order valence-corrected chi connectivity index (χ3v) is 7.97. The molecule has 0 saturated heterocycles. The SMILES string of the molecule is COC(=O)c1ccc(S(=O)(=O)Oc2ccc(N(C)S(=O)(=O)c3ccccc3F)cc2)c(C)c1. The second kappa shape index (κ2) is 9.20. The topological polar surface area (TPSA) is 107 Å². The number of aryl methyl sites for hydroxylation is 1. The lowest BCUT2D eigenvalue weighted by Gasteiger charge is -2.20. The summed E-state index contributed by atoms with van der Waals surface area (Å²) >= 11 is 0. The first-order valence-electron chi connectivity index (χ1n) is 9.44. The average Bonchev–Trinajstić information content (AvgIpc) is 2.78. The molecule has 11 heteroatoms. The van der Waals surface area contributed by atoms with Crippen LogP contribution in [0, 0.1) is 12.7 Å². The van der Waals surface area contributed by atoms with E-state index in [2.05, 4.69) is 4.74 Å². The fourth-order valence-electron chi connectivity index (χ4n) is 3.00. The molecule has 0 saturated carbocycles. The second-order valence-corrected chi connectivity index (χ2v) is 10.4. The van der Waals surface area contributed by atoms with Gasteiger partial charge in [-0.15, -0.1) is 0 Å². The number of sulfonamides is 1. The third-order valence-electron chi connectivity index (χ3n) is 4.75. The number of carbonyl (C=O) groups is 1. The zero-order valence-corrected chi connectivity index (χ0v) is 19.5. The number of ether oxygens (including phenoxy) is 1. The molecule has 0 radical (unpaired) electrons. The lowest BCUT2D eigenvalue weighted by molar-refractivity contribution is 0.0600. The van der Waals surface area contributed by atoms with Crippen molar-refractivity contribution in [3.63, 3.8) is 0 Å². The number of anilines is 1. The molecule has 0 atom stereocenters. The quantitative estimate of drug-likeness (QED) is 0.366. The van der Waals surface area contributed by atoms with Gasteiger partial charge in [0.05, 0.1) is 18.4 Å². The monoisotopic (exact) mass is 493 g/mol. The van der Waals surface area contributed by atoms with Crippen LogP contribution in [0.25, 0.3) is 0 Å². The number of hydrogen-bond acceptors (Lipinski definition) is 7. The number of hydrogen-bond donors (Lipinski definition) is 0. The molecule has 3 aromatic carbocycles. The normalized spacial score (nSPS) is 11.6. The number of rotatable bonds is 7. The van der Waals surface area contributed by atoms with Gasteiger partial charge in [-0.2, -0.15) is 8.42 Å². The number of nitrogens with zero attached hydrogens (tertiary/aromatic N) is 1. The fraction of sp³-hybridized carbons (Fsp3) is 0.136. The summed E-state index contributed by atoms with van der Waals surface area (Å²) in [5.74, 6) is -1.55. The van der Waals surface area contributed by atoms with E-state index in [0.29, 0.717) is 0 Å². The van der Waals surface area contributed by atoms with Gasteiger partial charge >= 0.3 is 16.1 Å². The van der Waals surface area contributed by atoms with Crippen LogP contribution in [0.4, 0.5) is 10.1 Å². The van der Waals surface area contributed by atoms with Gasteiger partial charge in [-0.25, -0.2) is 17.6 Å². The number of carbonyl (C=O) groups excluding carboxylic acids is 1. The maximum absolute atomic E-state index is 14.0. The highest BCUT2D eigenvalue weighted by atomic mass is 32.2. The Hall–Kier alpha value is -3.44. The van der Waals surface area contributed by atoms with Crippen LogP contribution in [0.5, 0.6) is 5.75 Å². The van der Waals surface area contributed by atoms with Crippen molar-refractivity contribution in [2.75, 3.05) is 18.5 Å².